The average molecular weight is 126 g/mol. The zero-order chi connectivity index (χ0) is 5.66. The Labute approximate surface area is 52.6 Å². The van der Waals surface area contributed by atoms with Crippen molar-refractivity contribution in [1.29, 1.82) is 0 Å². The lowest BCUT2D eigenvalue weighted by Crippen LogP contribution is -1.80. The molecule has 2 nitrogen and oxygen atoms in total. The van der Waals surface area contributed by atoms with E-state index in [2.05, 4.69) is 9.39 Å². The Morgan fingerprint density at radius 3 is 3.50 bits per heavy atom. The van der Waals surface area contributed by atoms with Gasteiger partial charge in [0.05, 0.1) is 6.54 Å². The first-order valence-corrected chi connectivity index (χ1v) is 3.16. The highest BCUT2D eigenvalue weighted by molar-refractivity contribution is 8.01. The topological polar surface area (TPSA) is 24.7 Å². The van der Waals surface area contributed by atoms with Gasteiger partial charge in [0.2, 0.25) is 0 Å². The lowest BCUT2D eigenvalue weighted by atomic mass is 10.6. The molecular weight excluding hydrogens is 120 g/mol. The molecule has 1 rings (SSSR count). The summed E-state index contributed by atoms with van der Waals surface area (Å²) in [7, 11) is 0. The molecule has 1 aliphatic rings. The summed E-state index contributed by atoms with van der Waals surface area (Å²) < 4.78 is 3.92. The molecule has 3 heteroatoms. The van der Waals surface area contributed by atoms with E-state index in [9.17, 15) is 0 Å². The molecule has 0 saturated heterocycles. The lowest BCUT2D eigenvalue weighted by Gasteiger charge is -1.84. The summed E-state index contributed by atoms with van der Waals surface area (Å²) in [6, 6.07) is 0. The molecular formula is C5H6N2S. The fraction of sp³-hybridized carbons (Fsp3) is 0.200. The van der Waals surface area contributed by atoms with Crippen LogP contribution in [0, 0.1) is 0 Å². The fourth-order valence-electron chi connectivity index (χ4n) is 0.351. The largest absolute Gasteiger partial charge is 0.287 e. The van der Waals surface area contributed by atoms with Gasteiger partial charge in [-0.3, -0.25) is 4.99 Å². The maximum atomic E-state index is 3.96. The van der Waals surface area contributed by atoms with Crippen molar-refractivity contribution < 1.29 is 0 Å². The molecule has 0 aromatic heterocycles. The fourth-order valence-corrected chi connectivity index (χ4v) is 0.714. The molecule has 0 bridgehead atoms. The van der Waals surface area contributed by atoms with Crippen molar-refractivity contribution in [3.8, 4) is 0 Å². The molecule has 0 radical (unpaired) electrons. The van der Waals surface area contributed by atoms with E-state index in [1.165, 1.54) is 11.9 Å². The minimum atomic E-state index is 0.706. The van der Waals surface area contributed by atoms with Crippen molar-refractivity contribution in [2.75, 3.05) is 6.54 Å². The molecule has 0 spiro atoms. The number of nitrogens with zero attached hydrogens (tertiary/aromatic N) is 2. The molecule has 0 saturated carbocycles. The minimum Gasteiger partial charge on any atom is -0.287 e. The first-order chi connectivity index (χ1) is 4.00. The first kappa shape index (κ1) is 5.56. The first-order valence-electron chi connectivity index (χ1n) is 2.33. The van der Waals surface area contributed by atoms with Crippen LogP contribution in [0.5, 0.6) is 0 Å². The zero-order valence-corrected chi connectivity index (χ0v) is 5.14. The molecule has 0 unspecified atom stereocenters. The SMILES string of the molecule is C1=NC/C=N\S/C=C\1. The standard InChI is InChI=1S/C5H6N2S/c1-2-6-3-4-7-8-5-1/h1-2,4-5H,3H2/b5-1-,6-2?,7-4-. The summed E-state index contributed by atoms with van der Waals surface area (Å²) in [4.78, 5) is 3.96. The number of aliphatic imine (C=N–C) groups is 1. The average Bonchev–Trinajstić information content (AvgIpc) is 1.62. The smallest absolute Gasteiger partial charge is 0.0749 e. The zero-order valence-electron chi connectivity index (χ0n) is 4.32. The molecule has 0 atom stereocenters. The van der Waals surface area contributed by atoms with Gasteiger partial charge in [-0.15, -0.1) is 0 Å². The molecule has 0 aromatic carbocycles. The Morgan fingerprint density at radius 2 is 2.50 bits per heavy atom. The Bertz CT molecular complexity index is 121. The molecule has 1 aliphatic heterocycles. The van der Waals surface area contributed by atoms with Crippen LogP contribution in [0.2, 0.25) is 0 Å². The van der Waals surface area contributed by atoms with E-state index in [1.54, 1.807) is 12.4 Å². The third kappa shape index (κ3) is 1.93. The molecule has 0 fully saturated rings. The van der Waals surface area contributed by atoms with Crippen molar-refractivity contribution in [2.24, 2.45) is 9.39 Å². The number of hydrogen-bond acceptors (Lipinski definition) is 3. The van der Waals surface area contributed by atoms with E-state index in [0.717, 1.165) is 0 Å². The summed E-state index contributed by atoms with van der Waals surface area (Å²) in [5.74, 6) is 0. The van der Waals surface area contributed by atoms with Gasteiger partial charge in [0.25, 0.3) is 0 Å². The second-order valence-electron chi connectivity index (χ2n) is 1.24. The van der Waals surface area contributed by atoms with Gasteiger partial charge in [0, 0.05) is 24.4 Å². The van der Waals surface area contributed by atoms with Crippen molar-refractivity contribution in [2.45, 2.75) is 0 Å². The number of allylic oxidation sites excluding steroid dienone is 1. The molecule has 8 heavy (non-hydrogen) atoms. The summed E-state index contributed by atoms with van der Waals surface area (Å²) in [6.45, 7) is 0.706. The van der Waals surface area contributed by atoms with Crippen molar-refractivity contribution in [3.63, 3.8) is 0 Å². The third-order valence-corrected chi connectivity index (χ3v) is 1.20. The summed E-state index contributed by atoms with van der Waals surface area (Å²) in [5.41, 5.74) is 0. The molecule has 0 aromatic rings. The van der Waals surface area contributed by atoms with Crippen LogP contribution in [0.3, 0.4) is 0 Å². The Balaban J connectivity index is 2.51. The minimum absolute atomic E-state index is 0.706. The van der Waals surface area contributed by atoms with E-state index in [-0.39, 0.29) is 0 Å². The molecule has 42 valence electrons. The van der Waals surface area contributed by atoms with Crippen LogP contribution in [0.4, 0.5) is 0 Å². The van der Waals surface area contributed by atoms with Crippen molar-refractivity contribution >= 4 is 24.4 Å². The van der Waals surface area contributed by atoms with Crippen LogP contribution in [0.1, 0.15) is 0 Å². The molecule has 0 N–H and O–H groups in total. The van der Waals surface area contributed by atoms with E-state index in [4.69, 9.17) is 0 Å². The van der Waals surface area contributed by atoms with Gasteiger partial charge in [0.15, 0.2) is 0 Å². The van der Waals surface area contributed by atoms with Gasteiger partial charge >= 0.3 is 0 Å². The molecule has 0 aliphatic carbocycles. The van der Waals surface area contributed by atoms with Crippen LogP contribution in [-0.2, 0) is 0 Å². The Morgan fingerprint density at radius 1 is 1.50 bits per heavy atom. The second-order valence-corrected chi connectivity index (χ2v) is 1.93. The number of hydrogen-bond donors (Lipinski definition) is 0. The molecule has 1 heterocycles. The highest BCUT2D eigenvalue weighted by atomic mass is 32.2. The normalized spacial score (nSPS) is 26.0. The monoisotopic (exact) mass is 126 g/mol. The van der Waals surface area contributed by atoms with Gasteiger partial charge in [-0.1, -0.05) is 0 Å². The predicted molar refractivity (Wildman–Crippen MR) is 38.6 cm³/mol. The maximum absolute atomic E-state index is 3.96. The van der Waals surface area contributed by atoms with E-state index >= 15 is 0 Å². The van der Waals surface area contributed by atoms with Gasteiger partial charge in [-0.05, 0) is 11.5 Å². The lowest BCUT2D eigenvalue weighted by molar-refractivity contribution is 1.35. The van der Waals surface area contributed by atoms with Crippen LogP contribution in [-0.4, -0.2) is 19.0 Å². The summed E-state index contributed by atoms with van der Waals surface area (Å²) in [6.07, 6.45) is 5.43. The second kappa shape index (κ2) is 3.43. The number of rotatable bonds is 0. The van der Waals surface area contributed by atoms with Crippen molar-refractivity contribution in [1.82, 2.24) is 0 Å². The molecule has 0 amide bonds. The van der Waals surface area contributed by atoms with E-state index in [0.29, 0.717) is 6.54 Å². The van der Waals surface area contributed by atoms with Gasteiger partial charge < -0.3 is 0 Å². The van der Waals surface area contributed by atoms with Gasteiger partial charge in [0.1, 0.15) is 0 Å². The van der Waals surface area contributed by atoms with Gasteiger partial charge in [-0.2, -0.15) is 0 Å². The summed E-state index contributed by atoms with van der Waals surface area (Å²) >= 11 is 1.43. The van der Waals surface area contributed by atoms with Crippen LogP contribution >= 0.6 is 11.9 Å². The van der Waals surface area contributed by atoms with Crippen molar-refractivity contribution in [3.05, 3.63) is 11.5 Å². The van der Waals surface area contributed by atoms with Crippen LogP contribution in [0.15, 0.2) is 20.9 Å². The third-order valence-electron chi connectivity index (χ3n) is 0.653. The van der Waals surface area contributed by atoms with Gasteiger partial charge in [-0.25, -0.2) is 4.40 Å². The Kier molecular flexibility index (Phi) is 2.39. The maximum Gasteiger partial charge on any atom is 0.0749 e. The highest BCUT2D eigenvalue weighted by Gasteiger charge is 1.75. The Hall–Kier alpha value is -0.570. The van der Waals surface area contributed by atoms with Crippen LogP contribution < -0.4 is 0 Å². The van der Waals surface area contributed by atoms with Crippen LogP contribution in [0.25, 0.3) is 0 Å². The summed E-state index contributed by atoms with van der Waals surface area (Å²) in [5, 5.41) is 1.89. The van der Waals surface area contributed by atoms with E-state index in [1.807, 2.05) is 11.5 Å². The quantitative estimate of drug-likeness (QED) is 0.449. The van der Waals surface area contributed by atoms with E-state index < -0.39 is 0 Å². The predicted octanol–water partition coefficient (Wildman–Crippen LogP) is 1.30. The highest BCUT2D eigenvalue weighted by Crippen LogP contribution is 2.01.